The van der Waals surface area contributed by atoms with E-state index in [4.69, 9.17) is 0 Å². The van der Waals surface area contributed by atoms with Crippen molar-refractivity contribution in [3.05, 3.63) is 35.4 Å². The van der Waals surface area contributed by atoms with Crippen molar-refractivity contribution in [1.82, 2.24) is 0 Å². The Kier molecular flexibility index (Phi) is 5.17. The van der Waals surface area contributed by atoms with Gasteiger partial charge in [-0.25, -0.2) is 0 Å². The molecule has 74 valence electrons. The molecule has 0 radical (unpaired) electrons. The smallest absolute Gasteiger partial charge is 0.219 e. The minimum atomic E-state index is 0.0686. The average Bonchev–Trinajstić information content (AvgIpc) is 2.26. The molecule has 4 heteroatoms. The van der Waals surface area contributed by atoms with E-state index < -0.39 is 0 Å². The molecule has 0 unspecified atom stereocenters. The highest BCUT2D eigenvalue weighted by Gasteiger charge is 2.05. The van der Waals surface area contributed by atoms with Crippen LogP contribution >= 0.6 is 34.4 Å². The second kappa shape index (κ2) is 6.19. The largest absolute Gasteiger partial charge is 0.298 e. The first-order valence-electron chi connectivity index (χ1n) is 4.06. The van der Waals surface area contributed by atoms with Crippen LogP contribution in [0.2, 0.25) is 0 Å². The monoisotopic (exact) mass is 320 g/mol. The van der Waals surface area contributed by atoms with Crippen molar-refractivity contribution in [1.29, 1.82) is 0 Å². The predicted molar refractivity (Wildman–Crippen MR) is 67.5 cm³/mol. The lowest BCUT2D eigenvalue weighted by Crippen LogP contribution is -1.95. The summed E-state index contributed by atoms with van der Waals surface area (Å²) in [5, 5.41) is 0.0686. The second-order valence-electron chi connectivity index (χ2n) is 2.56. The number of benzene rings is 1. The molecule has 0 heterocycles. The van der Waals surface area contributed by atoms with Crippen molar-refractivity contribution in [2.24, 2.45) is 0 Å². The van der Waals surface area contributed by atoms with Crippen molar-refractivity contribution in [2.75, 3.05) is 10.2 Å². The lowest BCUT2D eigenvalue weighted by molar-refractivity contribution is 0.108. The second-order valence-corrected chi connectivity index (χ2v) is 4.71. The van der Waals surface area contributed by atoms with Gasteiger partial charge in [-0.3, -0.25) is 9.59 Å². The number of carbonyl (C=O) groups is 2. The lowest BCUT2D eigenvalue weighted by Gasteiger charge is -1.98. The highest BCUT2D eigenvalue weighted by atomic mass is 127. The molecule has 0 saturated heterocycles. The number of aldehydes is 1. The highest BCUT2D eigenvalue weighted by molar-refractivity contribution is 14.1. The molecule has 0 aliphatic rings. The van der Waals surface area contributed by atoms with Crippen LogP contribution in [0, 0.1) is 0 Å². The van der Waals surface area contributed by atoms with Gasteiger partial charge >= 0.3 is 0 Å². The van der Waals surface area contributed by atoms with Gasteiger partial charge < -0.3 is 0 Å². The topological polar surface area (TPSA) is 34.1 Å². The maximum atomic E-state index is 11.5. The fraction of sp³-hybridized carbons (Fsp3) is 0.200. The number of alkyl halides is 1. The molecule has 0 N–H and O–H groups in total. The van der Waals surface area contributed by atoms with Gasteiger partial charge in [0.2, 0.25) is 5.12 Å². The average molecular weight is 320 g/mol. The third kappa shape index (κ3) is 3.42. The summed E-state index contributed by atoms with van der Waals surface area (Å²) in [6.07, 6.45) is 0.770. The van der Waals surface area contributed by atoms with Gasteiger partial charge in [-0.2, -0.15) is 0 Å². The molecule has 0 aliphatic carbocycles. The van der Waals surface area contributed by atoms with Crippen molar-refractivity contribution in [3.8, 4) is 0 Å². The summed E-state index contributed by atoms with van der Waals surface area (Å²) in [7, 11) is 0. The van der Waals surface area contributed by atoms with E-state index in [1.54, 1.807) is 24.3 Å². The predicted octanol–water partition coefficient (Wildman–Crippen LogP) is 2.81. The third-order valence-electron chi connectivity index (χ3n) is 1.59. The van der Waals surface area contributed by atoms with Crippen LogP contribution in [-0.2, 0) is 0 Å². The van der Waals surface area contributed by atoms with Gasteiger partial charge in [0, 0.05) is 21.3 Å². The first kappa shape index (κ1) is 11.7. The van der Waals surface area contributed by atoms with Crippen LogP contribution in [0.1, 0.15) is 20.7 Å². The van der Waals surface area contributed by atoms with E-state index in [0.29, 0.717) is 11.1 Å². The van der Waals surface area contributed by atoms with E-state index in [1.165, 1.54) is 11.8 Å². The molecule has 0 fully saturated rings. The van der Waals surface area contributed by atoms with Crippen LogP contribution < -0.4 is 0 Å². The van der Waals surface area contributed by atoms with Crippen LogP contribution in [0.4, 0.5) is 0 Å². The van der Waals surface area contributed by atoms with Gasteiger partial charge in [0.1, 0.15) is 6.29 Å². The first-order valence-corrected chi connectivity index (χ1v) is 6.57. The summed E-state index contributed by atoms with van der Waals surface area (Å²) < 4.78 is 0.959. The van der Waals surface area contributed by atoms with E-state index in [2.05, 4.69) is 22.6 Å². The van der Waals surface area contributed by atoms with E-state index in [0.717, 1.165) is 16.5 Å². The Morgan fingerprint density at radius 2 is 2.00 bits per heavy atom. The van der Waals surface area contributed by atoms with Crippen molar-refractivity contribution in [3.63, 3.8) is 0 Å². The Balaban J connectivity index is 2.66. The fourth-order valence-electron chi connectivity index (χ4n) is 0.912. The first-order chi connectivity index (χ1) is 6.77. The SMILES string of the molecule is O=Cc1ccc(C(=O)SCCI)cc1. The maximum absolute atomic E-state index is 11.5. The minimum absolute atomic E-state index is 0.0686. The quantitative estimate of drug-likeness (QED) is 0.486. The van der Waals surface area contributed by atoms with Crippen molar-refractivity contribution in [2.45, 2.75) is 0 Å². The Bertz CT molecular complexity index is 321. The Morgan fingerprint density at radius 3 is 2.50 bits per heavy atom. The number of rotatable bonds is 4. The highest BCUT2D eigenvalue weighted by Crippen LogP contribution is 2.13. The summed E-state index contributed by atoms with van der Waals surface area (Å²) in [5.41, 5.74) is 1.26. The third-order valence-corrected chi connectivity index (χ3v) is 3.77. The zero-order valence-corrected chi connectivity index (χ0v) is 10.4. The molecule has 1 aromatic carbocycles. The number of hydrogen-bond acceptors (Lipinski definition) is 3. The van der Waals surface area contributed by atoms with Gasteiger partial charge in [0.15, 0.2) is 0 Å². The van der Waals surface area contributed by atoms with Crippen LogP contribution in [0.25, 0.3) is 0 Å². The molecule has 0 spiro atoms. The van der Waals surface area contributed by atoms with Gasteiger partial charge in [0.05, 0.1) is 0 Å². The number of hydrogen-bond donors (Lipinski definition) is 0. The van der Waals surface area contributed by atoms with Crippen LogP contribution in [0.15, 0.2) is 24.3 Å². The van der Waals surface area contributed by atoms with Crippen molar-refractivity contribution >= 4 is 45.8 Å². The van der Waals surface area contributed by atoms with Gasteiger partial charge in [-0.05, 0) is 12.1 Å². The lowest BCUT2D eigenvalue weighted by atomic mass is 10.2. The van der Waals surface area contributed by atoms with Gasteiger partial charge in [-0.15, -0.1) is 0 Å². The number of halogens is 1. The summed E-state index contributed by atoms with van der Waals surface area (Å²) in [6, 6.07) is 6.69. The Labute approximate surface area is 101 Å². The molecule has 0 aromatic heterocycles. The van der Waals surface area contributed by atoms with Crippen molar-refractivity contribution < 1.29 is 9.59 Å². The van der Waals surface area contributed by atoms with Gasteiger partial charge in [0.25, 0.3) is 0 Å². The molecule has 0 atom stereocenters. The Morgan fingerprint density at radius 1 is 1.36 bits per heavy atom. The zero-order chi connectivity index (χ0) is 10.4. The summed E-state index contributed by atoms with van der Waals surface area (Å²) in [6.45, 7) is 0. The van der Waals surface area contributed by atoms with Crippen LogP contribution in [0.5, 0.6) is 0 Å². The molecular weight excluding hydrogens is 311 g/mol. The summed E-state index contributed by atoms with van der Waals surface area (Å²) in [4.78, 5) is 21.8. The zero-order valence-electron chi connectivity index (χ0n) is 7.40. The van der Waals surface area contributed by atoms with E-state index >= 15 is 0 Å². The molecule has 1 rings (SSSR count). The van der Waals surface area contributed by atoms with Crippen LogP contribution in [0.3, 0.4) is 0 Å². The minimum Gasteiger partial charge on any atom is -0.298 e. The normalized spacial score (nSPS) is 9.79. The molecule has 1 aromatic rings. The molecular formula is C10H9IO2S. The molecule has 0 saturated carbocycles. The summed E-state index contributed by atoms with van der Waals surface area (Å²) in [5.74, 6) is 0.828. The van der Waals surface area contributed by atoms with E-state index in [9.17, 15) is 9.59 Å². The molecule has 0 bridgehead atoms. The number of carbonyl (C=O) groups excluding carboxylic acids is 2. The maximum Gasteiger partial charge on any atom is 0.219 e. The van der Waals surface area contributed by atoms with E-state index in [-0.39, 0.29) is 5.12 Å². The van der Waals surface area contributed by atoms with Crippen LogP contribution in [-0.4, -0.2) is 21.6 Å². The molecule has 14 heavy (non-hydrogen) atoms. The standard InChI is InChI=1S/C10H9IO2S/c11-5-6-14-10(13)9-3-1-8(7-12)2-4-9/h1-4,7H,5-6H2. The fourth-order valence-corrected chi connectivity index (χ4v) is 2.14. The molecule has 0 aliphatic heterocycles. The molecule has 2 nitrogen and oxygen atoms in total. The van der Waals surface area contributed by atoms with Gasteiger partial charge in [-0.1, -0.05) is 46.5 Å². The molecule has 0 amide bonds. The Hall–Kier alpha value is -0.360. The summed E-state index contributed by atoms with van der Waals surface area (Å²) >= 11 is 3.54. The number of thioether (sulfide) groups is 1. The van der Waals surface area contributed by atoms with E-state index in [1.807, 2.05) is 0 Å².